The first-order valence-corrected chi connectivity index (χ1v) is 5.71. The van der Waals surface area contributed by atoms with Gasteiger partial charge in [-0.05, 0) is 26.2 Å². The highest BCUT2D eigenvalue weighted by molar-refractivity contribution is 5.82. The van der Waals surface area contributed by atoms with Crippen LogP contribution in [-0.2, 0) is 4.79 Å². The zero-order valence-corrected chi connectivity index (χ0v) is 9.70. The van der Waals surface area contributed by atoms with E-state index >= 15 is 0 Å². The number of carbonyl (C=O) groups is 1. The Morgan fingerprint density at radius 1 is 1.67 bits per heavy atom. The van der Waals surface area contributed by atoms with E-state index in [0.29, 0.717) is 13.1 Å². The average molecular weight is 214 g/mol. The van der Waals surface area contributed by atoms with Crippen molar-refractivity contribution in [1.29, 1.82) is 0 Å². The summed E-state index contributed by atoms with van der Waals surface area (Å²) in [5, 5.41) is 9.51. The number of hydrogen-bond acceptors (Lipinski definition) is 3. The third-order valence-corrected chi connectivity index (χ3v) is 3.43. The standard InChI is InChI=1S/C11H22N2O2/c1-3-11(2,8-12)10(15)13-6-4-5-9(14)7-13/h9,14H,3-8,12H2,1-2H3/t9-,11?/m0/s1. The molecule has 1 saturated heterocycles. The largest absolute Gasteiger partial charge is 0.391 e. The third-order valence-electron chi connectivity index (χ3n) is 3.43. The van der Waals surface area contributed by atoms with E-state index in [-0.39, 0.29) is 12.0 Å². The van der Waals surface area contributed by atoms with Crippen LogP contribution in [0.4, 0.5) is 0 Å². The van der Waals surface area contributed by atoms with E-state index in [1.54, 1.807) is 4.90 Å². The number of carbonyl (C=O) groups excluding carboxylic acids is 1. The molecular formula is C11H22N2O2. The Morgan fingerprint density at radius 3 is 2.80 bits per heavy atom. The van der Waals surface area contributed by atoms with Crippen molar-refractivity contribution in [2.24, 2.45) is 11.1 Å². The van der Waals surface area contributed by atoms with Gasteiger partial charge in [-0.3, -0.25) is 4.79 Å². The molecule has 1 aliphatic heterocycles. The zero-order chi connectivity index (χ0) is 11.5. The molecule has 0 aromatic heterocycles. The quantitative estimate of drug-likeness (QED) is 0.712. The second kappa shape index (κ2) is 4.94. The minimum atomic E-state index is -0.461. The normalized spacial score (nSPS) is 26.1. The van der Waals surface area contributed by atoms with Crippen LogP contribution in [0.1, 0.15) is 33.1 Å². The van der Waals surface area contributed by atoms with Gasteiger partial charge in [0.15, 0.2) is 0 Å². The van der Waals surface area contributed by atoms with Crippen LogP contribution in [0, 0.1) is 5.41 Å². The molecule has 4 heteroatoms. The topological polar surface area (TPSA) is 66.6 Å². The van der Waals surface area contributed by atoms with E-state index in [4.69, 9.17) is 5.73 Å². The number of nitrogens with zero attached hydrogens (tertiary/aromatic N) is 1. The lowest BCUT2D eigenvalue weighted by molar-refractivity contribution is -0.144. The van der Waals surface area contributed by atoms with Crippen LogP contribution in [0.15, 0.2) is 0 Å². The molecule has 0 aromatic rings. The summed E-state index contributed by atoms with van der Waals surface area (Å²) in [5.74, 6) is 0.0891. The molecule has 0 bridgehead atoms. The number of piperidine rings is 1. The maximum absolute atomic E-state index is 12.2. The summed E-state index contributed by atoms with van der Waals surface area (Å²) in [5.41, 5.74) is 5.19. The number of hydrogen-bond donors (Lipinski definition) is 2. The minimum absolute atomic E-state index is 0.0891. The molecule has 3 N–H and O–H groups in total. The molecular weight excluding hydrogens is 192 g/mol. The van der Waals surface area contributed by atoms with Gasteiger partial charge in [-0.1, -0.05) is 6.92 Å². The van der Waals surface area contributed by atoms with Gasteiger partial charge in [0, 0.05) is 19.6 Å². The van der Waals surface area contributed by atoms with Crippen molar-refractivity contribution in [3.8, 4) is 0 Å². The molecule has 1 fully saturated rings. The molecule has 0 spiro atoms. The van der Waals surface area contributed by atoms with Gasteiger partial charge in [-0.25, -0.2) is 0 Å². The smallest absolute Gasteiger partial charge is 0.229 e. The van der Waals surface area contributed by atoms with Crippen molar-refractivity contribution in [2.75, 3.05) is 19.6 Å². The van der Waals surface area contributed by atoms with E-state index in [2.05, 4.69) is 0 Å². The Morgan fingerprint density at radius 2 is 2.33 bits per heavy atom. The van der Waals surface area contributed by atoms with Crippen LogP contribution in [0.25, 0.3) is 0 Å². The van der Waals surface area contributed by atoms with Crippen LogP contribution in [0.2, 0.25) is 0 Å². The van der Waals surface area contributed by atoms with Gasteiger partial charge >= 0.3 is 0 Å². The Labute approximate surface area is 91.4 Å². The van der Waals surface area contributed by atoms with Gasteiger partial charge in [0.25, 0.3) is 0 Å². The summed E-state index contributed by atoms with van der Waals surface area (Å²) in [4.78, 5) is 13.9. The summed E-state index contributed by atoms with van der Waals surface area (Å²) >= 11 is 0. The summed E-state index contributed by atoms with van der Waals surface area (Å²) in [6.07, 6.45) is 2.07. The molecule has 0 aromatic carbocycles. The Hall–Kier alpha value is -0.610. The number of rotatable bonds is 3. The predicted octanol–water partition coefficient (Wildman–Crippen LogP) is 0.345. The van der Waals surface area contributed by atoms with Gasteiger partial charge in [0.1, 0.15) is 0 Å². The van der Waals surface area contributed by atoms with Crippen molar-refractivity contribution >= 4 is 5.91 Å². The van der Waals surface area contributed by atoms with E-state index in [1.165, 1.54) is 0 Å². The summed E-state index contributed by atoms with van der Waals surface area (Å²) < 4.78 is 0. The van der Waals surface area contributed by atoms with Gasteiger partial charge in [0.2, 0.25) is 5.91 Å². The van der Waals surface area contributed by atoms with Gasteiger partial charge in [-0.15, -0.1) is 0 Å². The Balaban J connectivity index is 2.66. The van der Waals surface area contributed by atoms with Crippen molar-refractivity contribution < 1.29 is 9.90 Å². The van der Waals surface area contributed by atoms with Crippen LogP contribution >= 0.6 is 0 Å². The number of aliphatic hydroxyl groups excluding tert-OH is 1. The fourth-order valence-electron chi connectivity index (χ4n) is 1.90. The maximum Gasteiger partial charge on any atom is 0.229 e. The van der Waals surface area contributed by atoms with Crippen LogP contribution in [0.3, 0.4) is 0 Å². The third kappa shape index (κ3) is 2.69. The lowest BCUT2D eigenvalue weighted by Gasteiger charge is -2.36. The van der Waals surface area contributed by atoms with E-state index < -0.39 is 5.41 Å². The fourth-order valence-corrected chi connectivity index (χ4v) is 1.90. The Bertz CT molecular complexity index is 227. The molecule has 1 heterocycles. The molecule has 1 amide bonds. The number of amides is 1. The highest BCUT2D eigenvalue weighted by atomic mass is 16.3. The summed E-state index contributed by atoms with van der Waals surface area (Å²) in [7, 11) is 0. The van der Waals surface area contributed by atoms with Gasteiger partial charge < -0.3 is 15.7 Å². The summed E-state index contributed by atoms with van der Waals surface area (Å²) in [6.45, 7) is 5.47. The highest BCUT2D eigenvalue weighted by Crippen LogP contribution is 2.24. The van der Waals surface area contributed by atoms with E-state index in [9.17, 15) is 9.90 Å². The Kier molecular flexibility index (Phi) is 4.11. The van der Waals surface area contributed by atoms with Crippen LogP contribution < -0.4 is 5.73 Å². The van der Waals surface area contributed by atoms with E-state index in [1.807, 2.05) is 13.8 Å². The number of likely N-dealkylation sites (tertiary alicyclic amines) is 1. The fraction of sp³-hybridized carbons (Fsp3) is 0.909. The molecule has 0 radical (unpaired) electrons. The molecule has 1 rings (SSSR count). The monoisotopic (exact) mass is 214 g/mol. The first kappa shape index (κ1) is 12.5. The molecule has 1 aliphatic rings. The van der Waals surface area contributed by atoms with Crippen molar-refractivity contribution in [2.45, 2.75) is 39.2 Å². The van der Waals surface area contributed by atoms with Gasteiger partial charge in [0.05, 0.1) is 11.5 Å². The second-order valence-corrected chi connectivity index (χ2v) is 4.67. The highest BCUT2D eigenvalue weighted by Gasteiger charge is 2.35. The summed E-state index contributed by atoms with van der Waals surface area (Å²) in [6, 6.07) is 0. The van der Waals surface area contributed by atoms with Crippen molar-refractivity contribution in [1.82, 2.24) is 4.90 Å². The van der Waals surface area contributed by atoms with Crippen LogP contribution in [0.5, 0.6) is 0 Å². The molecule has 88 valence electrons. The molecule has 15 heavy (non-hydrogen) atoms. The number of aliphatic hydroxyl groups is 1. The first-order chi connectivity index (χ1) is 7.03. The lowest BCUT2D eigenvalue weighted by Crippen LogP contribution is -2.50. The molecule has 0 saturated carbocycles. The average Bonchev–Trinajstić information content (AvgIpc) is 2.27. The minimum Gasteiger partial charge on any atom is -0.391 e. The van der Waals surface area contributed by atoms with Crippen molar-refractivity contribution in [3.05, 3.63) is 0 Å². The second-order valence-electron chi connectivity index (χ2n) is 4.67. The predicted molar refractivity (Wildman–Crippen MR) is 59.3 cm³/mol. The van der Waals surface area contributed by atoms with Crippen LogP contribution in [-0.4, -0.2) is 41.7 Å². The SMILES string of the molecule is CCC(C)(CN)C(=O)N1CCC[C@H](O)C1. The number of nitrogens with two attached hydrogens (primary N) is 1. The first-order valence-electron chi connectivity index (χ1n) is 5.71. The maximum atomic E-state index is 12.2. The lowest BCUT2D eigenvalue weighted by atomic mass is 9.85. The van der Waals surface area contributed by atoms with Crippen molar-refractivity contribution in [3.63, 3.8) is 0 Å². The molecule has 4 nitrogen and oxygen atoms in total. The zero-order valence-electron chi connectivity index (χ0n) is 9.70. The molecule has 0 aliphatic carbocycles. The number of β-amino-alcohol motifs (C(OH)–C–C–N with tert-alkyl or cyclic N) is 1. The van der Waals surface area contributed by atoms with Gasteiger partial charge in [-0.2, -0.15) is 0 Å². The molecule has 2 atom stereocenters. The molecule has 1 unspecified atom stereocenters. The van der Waals surface area contributed by atoms with E-state index in [0.717, 1.165) is 25.8 Å².